The molecule has 0 aliphatic carbocycles. The molecule has 2 aromatic heterocycles. The van der Waals surface area contributed by atoms with Crippen LogP contribution in [0.5, 0.6) is 0 Å². The number of hydrogen-bond acceptors (Lipinski definition) is 4. The Labute approximate surface area is 118 Å². The predicted molar refractivity (Wildman–Crippen MR) is 75.4 cm³/mol. The van der Waals surface area contributed by atoms with Gasteiger partial charge in [-0.25, -0.2) is 9.59 Å². The highest BCUT2D eigenvalue weighted by molar-refractivity contribution is 5.87. The van der Waals surface area contributed by atoms with Crippen LogP contribution in [0.25, 0.3) is 22.4 Å². The lowest BCUT2D eigenvalue weighted by Gasteiger charge is -2.05. The topological polar surface area (TPSA) is 101 Å². The number of aromatic nitrogens is 3. The number of nitrogens with zero attached hydrogens (tertiary/aromatic N) is 2. The van der Waals surface area contributed by atoms with E-state index in [1.54, 1.807) is 22.8 Å². The van der Waals surface area contributed by atoms with Crippen molar-refractivity contribution in [3.05, 3.63) is 40.5 Å². The van der Waals surface area contributed by atoms with E-state index in [1.165, 1.54) is 6.07 Å². The second-order valence-corrected chi connectivity index (χ2v) is 4.99. The molecule has 7 nitrogen and oxygen atoms in total. The van der Waals surface area contributed by atoms with E-state index in [2.05, 4.69) is 10.2 Å². The Hall–Kier alpha value is -2.83. The largest absolute Gasteiger partial charge is 0.477 e. The average Bonchev–Trinajstić information content (AvgIpc) is 3.00. The predicted octanol–water partition coefficient (Wildman–Crippen LogP) is 2.26. The zero-order valence-corrected chi connectivity index (χ0v) is 11.5. The van der Waals surface area contributed by atoms with Gasteiger partial charge >= 0.3 is 11.7 Å². The van der Waals surface area contributed by atoms with E-state index < -0.39 is 11.7 Å². The summed E-state index contributed by atoms with van der Waals surface area (Å²) in [5.74, 6) is -1.48. The number of carboxylic acid groups (broad SMARTS) is 1. The zero-order valence-electron chi connectivity index (χ0n) is 11.5. The van der Waals surface area contributed by atoms with Crippen molar-refractivity contribution in [1.29, 1.82) is 0 Å². The molecule has 2 N–H and O–H groups in total. The van der Waals surface area contributed by atoms with Crippen LogP contribution in [0.2, 0.25) is 0 Å². The molecule has 0 saturated carbocycles. The number of oxazole rings is 1. The first-order chi connectivity index (χ1) is 9.97. The van der Waals surface area contributed by atoms with Crippen molar-refractivity contribution in [2.24, 2.45) is 0 Å². The maximum atomic E-state index is 11.8. The first kappa shape index (κ1) is 13.2. The van der Waals surface area contributed by atoms with Gasteiger partial charge in [-0.1, -0.05) is 0 Å². The molecular weight excluding hydrogens is 274 g/mol. The number of nitrogens with one attached hydrogen (secondary N) is 1. The number of fused-ring (bicyclic) bond motifs is 1. The molecule has 108 valence electrons. The highest BCUT2D eigenvalue weighted by Gasteiger charge is 2.15. The van der Waals surface area contributed by atoms with Crippen molar-refractivity contribution in [2.75, 3.05) is 0 Å². The lowest BCUT2D eigenvalue weighted by molar-refractivity contribution is 0.0690. The molecule has 21 heavy (non-hydrogen) atoms. The summed E-state index contributed by atoms with van der Waals surface area (Å²) < 4.78 is 6.72. The second kappa shape index (κ2) is 4.62. The molecule has 0 radical (unpaired) electrons. The van der Waals surface area contributed by atoms with Crippen LogP contribution in [0.1, 0.15) is 30.4 Å². The van der Waals surface area contributed by atoms with Gasteiger partial charge in [0, 0.05) is 11.6 Å². The molecule has 0 unspecified atom stereocenters. The van der Waals surface area contributed by atoms with Crippen molar-refractivity contribution >= 4 is 17.1 Å². The normalized spacial score (nSPS) is 11.4. The zero-order chi connectivity index (χ0) is 15.1. The van der Waals surface area contributed by atoms with Gasteiger partial charge in [-0.2, -0.15) is 5.10 Å². The monoisotopic (exact) mass is 287 g/mol. The highest BCUT2D eigenvalue weighted by Crippen LogP contribution is 2.24. The first-order valence-corrected chi connectivity index (χ1v) is 6.41. The first-order valence-electron chi connectivity index (χ1n) is 6.41. The maximum absolute atomic E-state index is 11.8. The van der Waals surface area contributed by atoms with Gasteiger partial charge in [0.1, 0.15) is 5.69 Å². The van der Waals surface area contributed by atoms with Crippen LogP contribution in [0, 0.1) is 0 Å². The van der Waals surface area contributed by atoms with Crippen molar-refractivity contribution in [3.63, 3.8) is 0 Å². The van der Waals surface area contributed by atoms with Gasteiger partial charge < -0.3 is 9.52 Å². The van der Waals surface area contributed by atoms with Gasteiger partial charge in [0.15, 0.2) is 5.58 Å². The Morgan fingerprint density at radius 3 is 2.76 bits per heavy atom. The molecule has 0 amide bonds. The summed E-state index contributed by atoms with van der Waals surface area (Å²) in [6.45, 7) is 3.78. The van der Waals surface area contributed by atoms with Crippen molar-refractivity contribution in [2.45, 2.75) is 19.9 Å². The van der Waals surface area contributed by atoms with Gasteiger partial charge in [0.25, 0.3) is 0 Å². The summed E-state index contributed by atoms with van der Waals surface area (Å²) in [6.07, 6.45) is 0. The third kappa shape index (κ3) is 2.12. The van der Waals surface area contributed by atoms with E-state index >= 15 is 0 Å². The van der Waals surface area contributed by atoms with Crippen LogP contribution < -0.4 is 5.76 Å². The molecular formula is C14H13N3O4. The lowest BCUT2D eigenvalue weighted by atomic mass is 10.1. The number of hydrogen-bond donors (Lipinski definition) is 2. The average molecular weight is 287 g/mol. The van der Waals surface area contributed by atoms with Crippen LogP contribution in [0.3, 0.4) is 0 Å². The Kier molecular flexibility index (Phi) is 2.90. The van der Waals surface area contributed by atoms with Crippen LogP contribution >= 0.6 is 0 Å². The van der Waals surface area contributed by atoms with Gasteiger partial charge in [-0.3, -0.25) is 9.67 Å². The quantitative estimate of drug-likeness (QED) is 0.769. The van der Waals surface area contributed by atoms with E-state index in [9.17, 15) is 9.59 Å². The fourth-order valence-electron chi connectivity index (χ4n) is 2.26. The second-order valence-electron chi connectivity index (χ2n) is 4.99. The van der Waals surface area contributed by atoms with E-state index in [4.69, 9.17) is 9.52 Å². The minimum atomic E-state index is -1.07. The molecule has 3 rings (SSSR count). The minimum Gasteiger partial charge on any atom is -0.477 e. The van der Waals surface area contributed by atoms with Gasteiger partial charge in [-0.15, -0.1) is 0 Å². The maximum Gasteiger partial charge on any atom is 0.420 e. The van der Waals surface area contributed by atoms with Gasteiger partial charge in [0.05, 0.1) is 11.2 Å². The van der Waals surface area contributed by atoms with Crippen LogP contribution in [-0.4, -0.2) is 25.8 Å². The van der Waals surface area contributed by atoms with Gasteiger partial charge in [0.2, 0.25) is 0 Å². The summed E-state index contributed by atoms with van der Waals surface area (Å²) in [4.78, 5) is 22.7. The number of benzene rings is 1. The molecule has 3 aromatic rings. The molecule has 0 atom stereocenters. The van der Waals surface area contributed by atoms with E-state index in [-0.39, 0.29) is 11.7 Å². The number of carbonyl (C=O) groups is 1. The van der Waals surface area contributed by atoms with E-state index in [0.29, 0.717) is 22.4 Å². The van der Waals surface area contributed by atoms with E-state index in [1.807, 2.05) is 13.8 Å². The standard InChI is InChI=1S/C14H13N3O4/c1-7(2)17-11-5-8(3-4-12(11)21-14(17)20)9-6-10(13(18)19)16-15-9/h3-7H,1-2H3,(H,15,16)(H,18,19). The van der Waals surface area contributed by atoms with Crippen molar-refractivity contribution in [3.8, 4) is 11.3 Å². The van der Waals surface area contributed by atoms with Gasteiger partial charge in [-0.05, 0) is 38.1 Å². The SMILES string of the molecule is CC(C)n1c(=O)oc2ccc(-c3cc(C(=O)O)[nH]n3)cc21. The summed E-state index contributed by atoms with van der Waals surface area (Å²) in [5, 5.41) is 15.3. The van der Waals surface area contributed by atoms with Crippen LogP contribution in [0.15, 0.2) is 33.5 Å². The smallest absolute Gasteiger partial charge is 0.420 e. The number of H-pyrrole nitrogens is 1. The Morgan fingerprint density at radius 2 is 2.14 bits per heavy atom. The highest BCUT2D eigenvalue weighted by atomic mass is 16.4. The third-order valence-corrected chi connectivity index (χ3v) is 3.23. The molecule has 0 spiro atoms. The molecule has 0 aliphatic heterocycles. The van der Waals surface area contributed by atoms with Crippen LogP contribution in [-0.2, 0) is 0 Å². The molecule has 0 saturated heterocycles. The summed E-state index contributed by atoms with van der Waals surface area (Å²) >= 11 is 0. The van der Waals surface area contributed by atoms with Crippen molar-refractivity contribution in [1.82, 2.24) is 14.8 Å². The van der Waals surface area contributed by atoms with Crippen molar-refractivity contribution < 1.29 is 14.3 Å². The molecule has 7 heteroatoms. The molecule has 0 bridgehead atoms. The number of carboxylic acids is 1. The molecule has 2 heterocycles. The molecule has 0 aliphatic rings. The Morgan fingerprint density at radius 1 is 1.38 bits per heavy atom. The van der Waals surface area contributed by atoms with Crippen LogP contribution in [0.4, 0.5) is 0 Å². The van der Waals surface area contributed by atoms with E-state index in [0.717, 1.165) is 0 Å². The fraction of sp³-hybridized carbons (Fsp3) is 0.214. The fourth-order valence-corrected chi connectivity index (χ4v) is 2.26. The molecule has 1 aromatic carbocycles. The Bertz CT molecular complexity index is 885. The molecule has 0 fully saturated rings. The minimum absolute atomic E-state index is 0.0125. The number of rotatable bonds is 3. The summed E-state index contributed by atoms with van der Waals surface area (Å²) in [5.41, 5.74) is 2.37. The summed E-state index contributed by atoms with van der Waals surface area (Å²) in [6, 6.07) is 6.59. The lowest BCUT2D eigenvalue weighted by Crippen LogP contribution is -2.15. The Balaban J connectivity index is 2.17. The number of aromatic amines is 1. The third-order valence-electron chi connectivity index (χ3n) is 3.23. The summed E-state index contributed by atoms with van der Waals surface area (Å²) in [7, 11) is 0. The number of aromatic carboxylic acids is 1.